The van der Waals surface area contributed by atoms with Gasteiger partial charge in [0.15, 0.2) is 5.76 Å². The topological polar surface area (TPSA) is 101 Å². The summed E-state index contributed by atoms with van der Waals surface area (Å²) in [6, 6.07) is 6.25. The molecule has 11 heteroatoms. The molecule has 1 aromatic carbocycles. The number of carbonyl (C=O) groups excluding carboxylic acids is 3. The maximum atomic E-state index is 13.7. The fraction of sp³-hybridized carbons (Fsp3) is 0.188. The second-order valence-electron chi connectivity index (χ2n) is 5.45. The summed E-state index contributed by atoms with van der Waals surface area (Å²) in [6.45, 7) is 0. The number of ether oxygens (including phenoxy) is 1. The number of amides is 4. The molecular formula is C16H12F3N3O5. The summed E-state index contributed by atoms with van der Waals surface area (Å²) in [6.07, 6.45) is -4.24. The SMILES string of the molecule is COc1ccc(N2C(=O)N[C@](NC(=O)c3ccco3)(C(F)(F)F)C2=O)cc1. The molecule has 1 fully saturated rings. The summed E-state index contributed by atoms with van der Waals surface area (Å²) in [5.74, 6) is -3.10. The van der Waals surface area contributed by atoms with E-state index in [1.807, 2.05) is 0 Å². The zero-order valence-corrected chi connectivity index (χ0v) is 13.7. The van der Waals surface area contributed by atoms with Crippen molar-refractivity contribution in [2.75, 3.05) is 12.0 Å². The van der Waals surface area contributed by atoms with E-state index in [2.05, 4.69) is 0 Å². The number of nitrogens with one attached hydrogen (secondary N) is 2. The Morgan fingerprint density at radius 1 is 1.22 bits per heavy atom. The first-order valence-electron chi connectivity index (χ1n) is 7.43. The van der Waals surface area contributed by atoms with Crippen LogP contribution in [0.1, 0.15) is 10.6 Å². The number of hydrogen-bond acceptors (Lipinski definition) is 5. The lowest BCUT2D eigenvalue weighted by molar-refractivity contribution is -0.197. The average Bonchev–Trinajstić information content (AvgIpc) is 3.23. The molecule has 1 aliphatic rings. The summed E-state index contributed by atoms with van der Waals surface area (Å²) < 4.78 is 50.8. The zero-order chi connectivity index (χ0) is 19.8. The van der Waals surface area contributed by atoms with Gasteiger partial charge < -0.3 is 14.5 Å². The van der Waals surface area contributed by atoms with E-state index in [-0.39, 0.29) is 10.6 Å². The van der Waals surface area contributed by atoms with Crippen LogP contribution in [0.5, 0.6) is 5.75 Å². The number of anilines is 1. The number of halogens is 3. The summed E-state index contributed by atoms with van der Waals surface area (Å²) in [5, 5.41) is 3.07. The third-order valence-electron chi connectivity index (χ3n) is 3.82. The summed E-state index contributed by atoms with van der Waals surface area (Å²) in [4.78, 5) is 37.1. The Hall–Kier alpha value is -3.50. The lowest BCUT2D eigenvalue weighted by Crippen LogP contribution is -2.69. The summed E-state index contributed by atoms with van der Waals surface area (Å²) in [5.41, 5.74) is -3.76. The van der Waals surface area contributed by atoms with Crippen LogP contribution in [0.4, 0.5) is 23.7 Å². The molecule has 2 aromatic rings. The van der Waals surface area contributed by atoms with Gasteiger partial charge in [-0.15, -0.1) is 0 Å². The molecule has 1 saturated heterocycles. The normalized spacial score (nSPS) is 19.8. The van der Waals surface area contributed by atoms with Gasteiger partial charge in [-0.05, 0) is 36.4 Å². The highest BCUT2D eigenvalue weighted by Gasteiger charge is 2.69. The van der Waals surface area contributed by atoms with Gasteiger partial charge in [0, 0.05) is 0 Å². The molecule has 0 spiro atoms. The third kappa shape index (κ3) is 2.96. The molecule has 0 bridgehead atoms. The van der Waals surface area contributed by atoms with Crippen molar-refractivity contribution in [2.45, 2.75) is 11.8 Å². The molecule has 142 valence electrons. The lowest BCUT2D eigenvalue weighted by Gasteiger charge is -2.29. The van der Waals surface area contributed by atoms with Gasteiger partial charge in [-0.25, -0.2) is 9.69 Å². The van der Waals surface area contributed by atoms with Crippen molar-refractivity contribution < 1.29 is 36.7 Å². The molecule has 1 aromatic heterocycles. The summed E-state index contributed by atoms with van der Waals surface area (Å²) >= 11 is 0. The van der Waals surface area contributed by atoms with Crippen molar-refractivity contribution in [1.29, 1.82) is 0 Å². The van der Waals surface area contributed by atoms with Crippen molar-refractivity contribution >= 4 is 23.5 Å². The number of alkyl halides is 3. The highest BCUT2D eigenvalue weighted by Crippen LogP contribution is 2.36. The van der Waals surface area contributed by atoms with Crippen LogP contribution in [0.25, 0.3) is 0 Å². The Morgan fingerprint density at radius 3 is 2.41 bits per heavy atom. The minimum atomic E-state index is -5.32. The molecule has 2 heterocycles. The molecule has 27 heavy (non-hydrogen) atoms. The number of imide groups is 1. The van der Waals surface area contributed by atoms with E-state index in [0.717, 1.165) is 12.3 Å². The molecular weight excluding hydrogens is 371 g/mol. The van der Waals surface area contributed by atoms with E-state index in [1.54, 1.807) is 0 Å². The highest BCUT2D eigenvalue weighted by molar-refractivity contribution is 6.24. The monoisotopic (exact) mass is 383 g/mol. The Labute approximate surface area is 149 Å². The molecule has 0 saturated carbocycles. The molecule has 2 N–H and O–H groups in total. The van der Waals surface area contributed by atoms with E-state index in [4.69, 9.17) is 9.15 Å². The van der Waals surface area contributed by atoms with Gasteiger partial charge in [-0.3, -0.25) is 14.9 Å². The van der Waals surface area contributed by atoms with Crippen LogP contribution in [0.15, 0.2) is 47.1 Å². The minimum absolute atomic E-state index is 0.128. The predicted molar refractivity (Wildman–Crippen MR) is 84.0 cm³/mol. The van der Waals surface area contributed by atoms with E-state index in [0.29, 0.717) is 5.75 Å². The molecule has 3 rings (SSSR count). The van der Waals surface area contributed by atoms with E-state index in [9.17, 15) is 27.6 Å². The van der Waals surface area contributed by atoms with E-state index >= 15 is 0 Å². The highest BCUT2D eigenvalue weighted by atomic mass is 19.4. The van der Waals surface area contributed by atoms with Crippen molar-refractivity contribution in [3.63, 3.8) is 0 Å². The Bertz CT molecular complexity index is 880. The Balaban J connectivity index is 1.98. The molecule has 0 unspecified atom stereocenters. The van der Waals surface area contributed by atoms with Crippen LogP contribution >= 0.6 is 0 Å². The fourth-order valence-corrected chi connectivity index (χ4v) is 2.48. The van der Waals surface area contributed by atoms with Crippen LogP contribution in [0.3, 0.4) is 0 Å². The second kappa shape index (κ2) is 6.34. The van der Waals surface area contributed by atoms with E-state index < -0.39 is 35.4 Å². The molecule has 8 nitrogen and oxygen atoms in total. The van der Waals surface area contributed by atoms with Gasteiger partial charge in [-0.1, -0.05) is 0 Å². The van der Waals surface area contributed by atoms with Crippen LogP contribution in [0.2, 0.25) is 0 Å². The third-order valence-corrected chi connectivity index (χ3v) is 3.82. The molecule has 0 aliphatic carbocycles. The van der Waals surface area contributed by atoms with Gasteiger partial charge >= 0.3 is 12.2 Å². The number of benzene rings is 1. The van der Waals surface area contributed by atoms with Crippen molar-refractivity contribution in [3.8, 4) is 5.75 Å². The fourth-order valence-electron chi connectivity index (χ4n) is 2.48. The minimum Gasteiger partial charge on any atom is -0.497 e. The lowest BCUT2D eigenvalue weighted by atomic mass is 10.1. The molecule has 4 amide bonds. The van der Waals surface area contributed by atoms with Gasteiger partial charge in [0.1, 0.15) is 5.75 Å². The number of carbonyl (C=O) groups is 3. The summed E-state index contributed by atoms with van der Waals surface area (Å²) in [7, 11) is 1.38. The van der Waals surface area contributed by atoms with Crippen LogP contribution in [-0.4, -0.2) is 36.8 Å². The Kier molecular flexibility index (Phi) is 4.30. The van der Waals surface area contributed by atoms with Crippen molar-refractivity contribution in [3.05, 3.63) is 48.4 Å². The predicted octanol–water partition coefficient (Wildman–Crippen LogP) is 2.03. The number of nitrogens with zero attached hydrogens (tertiary/aromatic N) is 1. The van der Waals surface area contributed by atoms with Crippen molar-refractivity contribution in [2.24, 2.45) is 0 Å². The quantitative estimate of drug-likeness (QED) is 0.787. The van der Waals surface area contributed by atoms with Gasteiger partial charge in [0.05, 0.1) is 19.1 Å². The molecule has 1 atom stereocenters. The standard InChI is InChI=1S/C16H12F3N3O5/c1-26-10-6-4-9(5-7-10)22-13(24)15(16(17,18)19,21-14(22)25)20-12(23)11-3-2-8-27-11/h2-8H,1H3,(H,20,23)(H,21,25)/t15-/m0/s1. The van der Waals surface area contributed by atoms with Gasteiger partial charge in [-0.2, -0.15) is 13.2 Å². The Morgan fingerprint density at radius 2 is 1.89 bits per heavy atom. The number of furan rings is 1. The van der Waals surface area contributed by atoms with Crippen LogP contribution < -0.4 is 20.3 Å². The number of urea groups is 1. The van der Waals surface area contributed by atoms with Crippen LogP contribution in [-0.2, 0) is 4.79 Å². The molecule has 1 aliphatic heterocycles. The first-order chi connectivity index (χ1) is 12.7. The zero-order valence-electron chi connectivity index (χ0n) is 13.7. The first kappa shape index (κ1) is 18.3. The maximum Gasteiger partial charge on any atom is 0.440 e. The smallest absolute Gasteiger partial charge is 0.440 e. The average molecular weight is 383 g/mol. The van der Waals surface area contributed by atoms with Gasteiger partial charge in [0.25, 0.3) is 17.5 Å². The second-order valence-corrected chi connectivity index (χ2v) is 5.45. The van der Waals surface area contributed by atoms with E-state index in [1.165, 1.54) is 48.1 Å². The maximum absolute atomic E-state index is 13.7. The molecule has 0 radical (unpaired) electrons. The van der Waals surface area contributed by atoms with Gasteiger partial charge in [0.2, 0.25) is 0 Å². The number of methoxy groups -OCH3 is 1. The first-order valence-corrected chi connectivity index (χ1v) is 7.43. The number of hydrogen-bond donors (Lipinski definition) is 2. The number of rotatable bonds is 4. The largest absolute Gasteiger partial charge is 0.497 e. The van der Waals surface area contributed by atoms with Crippen LogP contribution in [0, 0.1) is 0 Å². The van der Waals surface area contributed by atoms with Crippen molar-refractivity contribution in [1.82, 2.24) is 10.6 Å².